The van der Waals surface area contributed by atoms with Gasteiger partial charge in [0, 0.05) is 41.1 Å². The lowest BCUT2D eigenvalue weighted by molar-refractivity contribution is -0.116. The van der Waals surface area contributed by atoms with Crippen molar-refractivity contribution in [2.24, 2.45) is 0 Å². The summed E-state index contributed by atoms with van der Waals surface area (Å²) in [5, 5.41) is 5.97. The molecule has 0 unspecified atom stereocenters. The van der Waals surface area contributed by atoms with Crippen LogP contribution in [-0.2, 0) is 11.3 Å². The molecule has 0 radical (unpaired) electrons. The van der Waals surface area contributed by atoms with Gasteiger partial charge < -0.3 is 10.6 Å². The van der Waals surface area contributed by atoms with Crippen LogP contribution in [0.4, 0.5) is 17.2 Å². The number of hydrogen-bond donors (Lipinski definition) is 2. The minimum atomic E-state index is -0.311. The van der Waals surface area contributed by atoms with Gasteiger partial charge in [-0.25, -0.2) is 19.9 Å². The van der Waals surface area contributed by atoms with Crippen molar-refractivity contribution in [3.8, 4) is 5.82 Å². The number of hydrogen-bond acceptors (Lipinski definition) is 7. The molecule has 0 bridgehead atoms. The summed E-state index contributed by atoms with van der Waals surface area (Å²) >= 11 is 0. The second kappa shape index (κ2) is 8.57. The van der Waals surface area contributed by atoms with Gasteiger partial charge in [-0.3, -0.25) is 18.7 Å². The molecule has 3 aromatic heterocycles. The van der Waals surface area contributed by atoms with Crippen molar-refractivity contribution in [2.75, 3.05) is 10.6 Å². The molecule has 0 aliphatic heterocycles. The highest BCUT2D eigenvalue weighted by Crippen LogP contribution is 2.18. The quantitative estimate of drug-likeness (QED) is 0.494. The highest BCUT2D eigenvalue weighted by molar-refractivity contribution is 5.90. The Morgan fingerprint density at radius 3 is 2.55 bits per heavy atom. The number of benzene rings is 1. The van der Waals surface area contributed by atoms with Crippen molar-refractivity contribution in [3.05, 3.63) is 83.3 Å². The number of nitrogens with one attached hydrogen (secondary N) is 2. The zero-order valence-corrected chi connectivity index (χ0v) is 17.0. The summed E-state index contributed by atoms with van der Waals surface area (Å²) < 4.78 is 3.07. The van der Waals surface area contributed by atoms with Crippen molar-refractivity contribution in [3.63, 3.8) is 0 Å². The maximum Gasteiger partial charge on any atom is 0.256 e. The molecule has 2 N–H and O–H groups in total. The molecule has 0 fully saturated rings. The number of amides is 1. The third kappa shape index (κ3) is 4.64. The first-order valence-corrected chi connectivity index (χ1v) is 9.49. The average Bonchev–Trinajstić information content (AvgIpc) is 3.31. The molecule has 1 amide bonds. The normalized spacial score (nSPS) is 10.6. The van der Waals surface area contributed by atoms with E-state index in [9.17, 15) is 9.59 Å². The predicted octanol–water partition coefficient (Wildman–Crippen LogP) is 2.22. The van der Waals surface area contributed by atoms with Crippen LogP contribution in [0.15, 0.2) is 66.5 Å². The zero-order chi connectivity index (χ0) is 21.8. The van der Waals surface area contributed by atoms with Gasteiger partial charge in [0.2, 0.25) is 5.91 Å². The Morgan fingerprint density at radius 2 is 1.81 bits per heavy atom. The van der Waals surface area contributed by atoms with Crippen LogP contribution >= 0.6 is 0 Å². The molecular weight excluding hydrogens is 396 g/mol. The lowest BCUT2D eigenvalue weighted by atomic mass is 10.2. The molecule has 156 valence electrons. The fraction of sp³-hybridized carbons (Fsp3) is 0.143. The summed E-state index contributed by atoms with van der Waals surface area (Å²) in [4.78, 5) is 41.1. The minimum absolute atomic E-state index is 0.106. The van der Waals surface area contributed by atoms with Gasteiger partial charge in [0.1, 0.15) is 30.8 Å². The number of aryl methyl sites for hydroxylation is 1. The van der Waals surface area contributed by atoms with Crippen LogP contribution in [0.2, 0.25) is 0 Å². The Morgan fingerprint density at radius 1 is 1.03 bits per heavy atom. The summed E-state index contributed by atoms with van der Waals surface area (Å²) in [6.45, 7) is 3.35. The van der Waals surface area contributed by atoms with Crippen LogP contribution in [0.3, 0.4) is 0 Å². The molecule has 10 heteroatoms. The maximum absolute atomic E-state index is 12.3. The molecule has 10 nitrogen and oxygen atoms in total. The topological polar surface area (TPSA) is 120 Å². The van der Waals surface area contributed by atoms with Crippen LogP contribution in [-0.4, -0.2) is 35.0 Å². The summed E-state index contributed by atoms with van der Waals surface area (Å²) in [5.74, 6) is 1.00. The molecule has 3 heterocycles. The monoisotopic (exact) mass is 416 g/mol. The van der Waals surface area contributed by atoms with Crippen LogP contribution in [0, 0.1) is 13.8 Å². The van der Waals surface area contributed by atoms with E-state index in [0.29, 0.717) is 28.6 Å². The van der Waals surface area contributed by atoms with Gasteiger partial charge in [-0.1, -0.05) is 0 Å². The summed E-state index contributed by atoms with van der Waals surface area (Å²) in [6, 6.07) is 8.96. The van der Waals surface area contributed by atoms with E-state index in [1.807, 2.05) is 12.1 Å². The van der Waals surface area contributed by atoms with Crippen LogP contribution < -0.4 is 16.2 Å². The van der Waals surface area contributed by atoms with Crippen molar-refractivity contribution in [1.29, 1.82) is 0 Å². The van der Waals surface area contributed by atoms with E-state index in [2.05, 4.69) is 30.6 Å². The SMILES string of the molecule is Cc1ncn(CC(=O)Nc2ccc(Nc3cc(-n4ccnc4)ncn3)cc2)c(=O)c1C. The van der Waals surface area contributed by atoms with Gasteiger partial charge in [0.25, 0.3) is 5.56 Å². The lowest BCUT2D eigenvalue weighted by Gasteiger charge is -2.10. The van der Waals surface area contributed by atoms with Crippen LogP contribution in [0.25, 0.3) is 5.82 Å². The fourth-order valence-electron chi connectivity index (χ4n) is 2.88. The third-order valence-electron chi connectivity index (χ3n) is 4.69. The number of nitrogens with zero attached hydrogens (tertiary/aromatic N) is 6. The Bertz CT molecular complexity index is 1260. The summed E-state index contributed by atoms with van der Waals surface area (Å²) in [7, 11) is 0. The van der Waals surface area contributed by atoms with E-state index in [1.165, 1.54) is 17.2 Å². The third-order valence-corrected chi connectivity index (χ3v) is 4.69. The van der Waals surface area contributed by atoms with Gasteiger partial charge in [-0.15, -0.1) is 0 Å². The molecular formula is C21H20N8O2. The Kier molecular flexibility index (Phi) is 5.52. The zero-order valence-electron chi connectivity index (χ0n) is 17.0. The molecule has 0 saturated carbocycles. The largest absolute Gasteiger partial charge is 0.340 e. The second-order valence-corrected chi connectivity index (χ2v) is 6.87. The first-order chi connectivity index (χ1) is 15.0. The lowest BCUT2D eigenvalue weighted by Crippen LogP contribution is -2.29. The number of rotatable bonds is 6. The Hall–Kier alpha value is -4.34. The predicted molar refractivity (Wildman–Crippen MR) is 115 cm³/mol. The maximum atomic E-state index is 12.3. The van der Waals surface area contributed by atoms with Crippen molar-refractivity contribution < 1.29 is 4.79 Å². The molecule has 4 aromatic rings. The van der Waals surface area contributed by atoms with E-state index in [1.54, 1.807) is 55.3 Å². The molecule has 31 heavy (non-hydrogen) atoms. The Labute approximate surface area is 177 Å². The van der Waals surface area contributed by atoms with E-state index >= 15 is 0 Å². The first kappa shape index (κ1) is 20.0. The van der Waals surface area contributed by atoms with E-state index in [0.717, 1.165) is 5.69 Å². The highest BCUT2D eigenvalue weighted by Gasteiger charge is 2.09. The van der Waals surface area contributed by atoms with Gasteiger partial charge in [-0.2, -0.15) is 0 Å². The standard InChI is InChI=1S/C21H20N8O2/c1-14-15(2)25-13-29(21(14)31)10-20(30)27-17-5-3-16(4-6-17)26-18-9-19(24-11-23-18)28-8-7-22-12-28/h3-9,11-13H,10H2,1-2H3,(H,27,30)(H,23,24,26). The fourth-order valence-corrected chi connectivity index (χ4v) is 2.88. The van der Waals surface area contributed by atoms with E-state index in [4.69, 9.17) is 0 Å². The molecule has 0 aliphatic rings. The minimum Gasteiger partial charge on any atom is -0.340 e. The Balaban J connectivity index is 1.40. The number of carbonyl (C=O) groups excluding carboxylic acids is 1. The second-order valence-electron chi connectivity index (χ2n) is 6.87. The summed E-state index contributed by atoms with van der Waals surface area (Å²) in [6.07, 6.45) is 7.99. The van der Waals surface area contributed by atoms with Gasteiger partial charge in [0.15, 0.2) is 0 Å². The molecule has 1 aromatic carbocycles. The average molecular weight is 416 g/mol. The van der Waals surface area contributed by atoms with Crippen molar-refractivity contribution in [1.82, 2.24) is 29.1 Å². The van der Waals surface area contributed by atoms with E-state index in [-0.39, 0.29) is 18.0 Å². The summed E-state index contributed by atoms with van der Waals surface area (Å²) in [5.41, 5.74) is 2.38. The van der Waals surface area contributed by atoms with Crippen LogP contribution in [0.1, 0.15) is 11.3 Å². The molecule has 0 aliphatic carbocycles. The molecule has 0 atom stereocenters. The first-order valence-electron chi connectivity index (χ1n) is 9.49. The molecule has 0 spiro atoms. The van der Waals surface area contributed by atoms with Crippen LogP contribution in [0.5, 0.6) is 0 Å². The molecule has 0 saturated heterocycles. The smallest absolute Gasteiger partial charge is 0.256 e. The number of aromatic nitrogens is 6. The van der Waals surface area contributed by atoms with Crippen molar-refractivity contribution >= 4 is 23.1 Å². The number of anilines is 3. The number of carbonyl (C=O) groups is 1. The van der Waals surface area contributed by atoms with E-state index < -0.39 is 0 Å². The highest BCUT2D eigenvalue weighted by atomic mass is 16.2. The number of imidazole rings is 1. The van der Waals surface area contributed by atoms with Gasteiger partial charge in [-0.05, 0) is 38.1 Å². The molecule has 4 rings (SSSR count). The van der Waals surface area contributed by atoms with Gasteiger partial charge >= 0.3 is 0 Å². The van der Waals surface area contributed by atoms with Crippen molar-refractivity contribution in [2.45, 2.75) is 20.4 Å². The van der Waals surface area contributed by atoms with Gasteiger partial charge in [0.05, 0.1) is 6.33 Å².